The predicted octanol–water partition coefficient (Wildman–Crippen LogP) is 4.10. The zero-order valence-corrected chi connectivity index (χ0v) is 13.6. The molecule has 0 saturated heterocycles. The SMILES string of the molecule is CC(O)C1(c2cc(NC(=O)OC(C)(C)C)ccc2Cl)CC1. The van der Waals surface area contributed by atoms with Crippen LogP contribution in [0, 0.1) is 0 Å². The molecule has 0 bridgehead atoms. The molecule has 1 amide bonds. The van der Waals surface area contributed by atoms with E-state index in [1.165, 1.54) is 0 Å². The molecule has 1 fully saturated rings. The Bertz CT molecular complexity index is 545. The molecule has 0 heterocycles. The van der Waals surface area contributed by atoms with E-state index in [-0.39, 0.29) is 5.41 Å². The van der Waals surface area contributed by atoms with Gasteiger partial charge in [0.2, 0.25) is 0 Å². The Balaban J connectivity index is 2.18. The van der Waals surface area contributed by atoms with Crippen molar-refractivity contribution in [2.45, 2.75) is 57.7 Å². The maximum absolute atomic E-state index is 11.8. The number of amides is 1. The van der Waals surface area contributed by atoms with Gasteiger partial charge >= 0.3 is 6.09 Å². The van der Waals surface area contributed by atoms with Crippen LogP contribution in [0.5, 0.6) is 0 Å². The summed E-state index contributed by atoms with van der Waals surface area (Å²) >= 11 is 6.25. The first kappa shape index (κ1) is 16.1. The third kappa shape index (κ3) is 3.69. The van der Waals surface area contributed by atoms with Crippen LogP contribution in [0.3, 0.4) is 0 Å². The Kier molecular flexibility index (Phi) is 4.22. The summed E-state index contributed by atoms with van der Waals surface area (Å²) in [6.45, 7) is 7.21. The van der Waals surface area contributed by atoms with Crippen LogP contribution in [-0.4, -0.2) is 22.9 Å². The molecular formula is C16H22ClNO3. The number of carbonyl (C=O) groups is 1. The van der Waals surface area contributed by atoms with Crippen molar-refractivity contribution in [3.63, 3.8) is 0 Å². The molecule has 0 radical (unpaired) electrons. The fourth-order valence-corrected chi connectivity index (χ4v) is 2.76. The lowest BCUT2D eigenvalue weighted by Gasteiger charge is -2.22. The van der Waals surface area contributed by atoms with Gasteiger partial charge in [-0.25, -0.2) is 4.79 Å². The van der Waals surface area contributed by atoms with Gasteiger partial charge in [0.25, 0.3) is 0 Å². The van der Waals surface area contributed by atoms with Gasteiger partial charge in [0.15, 0.2) is 0 Å². The molecule has 4 nitrogen and oxygen atoms in total. The van der Waals surface area contributed by atoms with Gasteiger partial charge in [-0.3, -0.25) is 5.32 Å². The molecule has 21 heavy (non-hydrogen) atoms. The highest BCUT2D eigenvalue weighted by Gasteiger charge is 2.49. The van der Waals surface area contributed by atoms with Crippen molar-refractivity contribution >= 4 is 23.4 Å². The monoisotopic (exact) mass is 311 g/mol. The zero-order valence-electron chi connectivity index (χ0n) is 12.9. The summed E-state index contributed by atoms with van der Waals surface area (Å²) in [5, 5.41) is 13.3. The first-order chi connectivity index (χ1) is 9.64. The standard InChI is InChI=1S/C16H22ClNO3/c1-10(19)16(7-8-16)12-9-11(5-6-13(12)17)18-14(20)21-15(2,3)4/h5-6,9-10,19H,7-8H2,1-4H3,(H,18,20). The zero-order chi connectivity index (χ0) is 15.8. The van der Waals surface area contributed by atoms with Crippen molar-refractivity contribution in [1.29, 1.82) is 0 Å². The van der Waals surface area contributed by atoms with E-state index < -0.39 is 17.8 Å². The van der Waals surface area contributed by atoms with Crippen molar-refractivity contribution in [2.24, 2.45) is 0 Å². The molecule has 2 rings (SSSR count). The van der Waals surface area contributed by atoms with Crippen molar-refractivity contribution in [3.05, 3.63) is 28.8 Å². The maximum atomic E-state index is 11.8. The molecule has 1 atom stereocenters. The molecule has 1 aliphatic rings. The molecule has 1 unspecified atom stereocenters. The van der Waals surface area contributed by atoms with E-state index in [4.69, 9.17) is 16.3 Å². The van der Waals surface area contributed by atoms with Crippen LogP contribution in [0.4, 0.5) is 10.5 Å². The van der Waals surface area contributed by atoms with Gasteiger partial charge in [0.05, 0.1) is 6.10 Å². The Morgan fingerprint density at radius 2 is 2.05 bits per heavy atom. The van der Waals surface area contributed by atoms with Gasteiger partial charge in [-0.2, -0.15) is 0 Å². The number of aliphatic hydroxyl groups excluding tert-OH is 1. The number of ether oxygens (including phenoxy) is 1. The second kappa shape index (κ2) is 5.50. The summed E-state index contributed by atoms with van der Waals surface area (Å²) in [6, 6.07) is 5.30. The van der Waals surface area contributed by atoms with Crippen LogP contribution >= 0.6 is 11.6 Å². The number of benzene rings is 1. The van der Waals surface area contributed by atoms with E-state index in [1.54, 1.807) is 19.1 Å². The highest BCUT2D eigenvalue weighted by atomic mass is 35.5. The van der Waals surface area contributed by atoms with Gasteiger partial charge < -0.3 is 9.84 Å². The lowest BCUT2D eigenvalue weighted by atomic mass is 9.90. The van der Waals surface area contributed by atoms with Gasteiger partial charge in [-0.15, -0.1) is 0 Å². The first-order valence-electron chi connectivity index (χ1n) is 7.12. The van der Waals surface area contributed by atoms with Crippen LogP contribution in [0.15, 0.2) is 18.2 Å². The minimum atomic E-state index is -0.545. The summed E-state index contributed by atoms with van der Waals surface area (Å²) in [7, 11) is 0. The Hall–Kier alpha value is -1.26. The van der Waals surface area contributed by atoms with Crippen molar-refractivity contribution in [2.75, 3.05) is 5.32 Å². The van der Waals surface area contributed by atoms with E-state index in [1.807, 2.05) is 26.8 Å². The molecule has 1 aromatic rings. The first-order valence-corrected chi connectivity index (χ1v) is 7.50. The quantitative estimate of drug-likeness (QED) is 0.883. The van der Waals surface area contributed by atoms with Crippen LogP contribution in [0.25, 0.3) is 0 Å². The number of aliphatic hydroxyl groups is 1. The summed E-state index contributed by atoms with van der Waals surface area (Å²) in [5.41, 5.74) is 0.683. The fraction of sp³-hybridized carbons (Fsp3) is 0.562. The third-order valence-corrected chi connectivity index (χ3v) is 4.07. The van der Waals surface area contributed by atoms with Crippen molar-refractivity contribution in [1.82, 2.24) is 0 Å². The van der Waals surface area contributed by atoms with Crippen molar-refractivity contribution < 1.29 is 14.6 Å². The average Bonchev–Trinajstić information content (AvgIpc) is 3.10. The molecule has 2 N–H and O–H groups in total. The summed E-state index contributed by atoms with van der Waals surface area (Å²) in [4.78, 5) is 11.8. The van der Waals surface area contributed by atoms with Gasteiger partial charge in [-0.1, -0.05) is 11.6 Å². The second-order valence-corrected chi connectivity index (χ2v) is 7.06. The second-order valence-electron chi connectivity index (χ2n) is 6.65. The van der Waals surface area contributed by atoms with E-state index in [2.05, 4.69) is 5.32 Å². The molecule has 0 aliphatic heterocycles. The Morgan fingerprint density at radius 3 is 2.52 bits per heavy atom. The van der Waals surface area contributed by atoms with E-state index >= 15 is 0 Å². The number of carbonyl (C=O) groups excluding carboxylic acids is 1. The highest BCUT2D eigenvalue weighted by Crippen LogP contribution is 2.53. The summed E-state index contributed by atoms with van der Waals surface area (Å²) in [6.07, 6.45) is 0.838. The third-order valence-electron chi connectivity index (χ3n) is 3.74. The van der Waals surface area contributed by atoms with E-state index in [9.17, 15) is 9.90 Å². The lowest BCUT2D eigenvalue weighted by molar-refractivity contribution is 0.0636. The molecule has 1 aliphatic carbocycles. The minimum absolute atomic E-state index is 0.275. The normalized spacial score (nSPS) is 18.0. The fourth-order valence-electron chi connectivity index (χ4n) is 2.45. The lowest BCUT2D eigenvalue weighted by Crippen LogP contribution is -2.27. The number of hydrogen-bond donors (Lipinski definition) is 2. The Labute approximate surface area is 130 Å². The van der Waals surface area contributed by atoms with Crippen LogP contribution in [-0.2, 0) is 10.2 Å². The maximum Gasteiger partial charge on any atom is 0.412 e. The van der Waals surface area contributed by atoms with Crippen LogP contribution in [0.2, 0.25) is 5.02 Å². The topological polar surface area (TPSA) is 58.6 Å². The largest absolute Gasteiger partial charge is 0.444 e. The molecule has 1 saturated carbocycles. The van der Waals surface area contributed by atoms with Gasteiger partial charge in [0, 0.05) is 16.1 Å². The smallest absolute Gasteiger partial charge is 0.412 e. The van der Waals surface area contributed by atoms with E-state index in [0.717, 1.165) is 18.4 Å². The summed E-state index contributed by atoms with van der Waals surface area (Å²) < 4.78 is 5.23. The van der Waals surface area contributed by atoms with Crippen LogP contribution < -0.4 is 5.32 Å². The van der Waals surface area contributed by atoms with Gasteiger partial charge in [0.1, 0.15) is 5.60 Å². The number of hydrogen-bond acceptors (Lipinski definition) is 3. The predicted molar refractivity (Wildman–Crippen MR) is 83.9 cm³/mol. The minimum Gasteiger partial charge on any atom is -0.444 e. The molecule has 0 spiro atoms. The molecule has 5 heteroatoms. The summed E-state index contributed by atoms with van der Waals surface area (Å²) in [5.74, 6) is 0. The molecule has 0 aromatic heterocycles. The average molecular weight is 312 g/mol. The molecule has 1 aromatic carbocycles. The molecule has 116 valence electrons. The molecular weight excluding hydrogens is 290 g/mol. The number of halogens is 1. The van der Waals surface area contributed by atoms with Crippen LogP contribution in [0.1, 0.15) is 46.1 Å². The number of anilines is 1. The highest BCUT2D eigenvalue weighted by molar-refractivity contribution is 6.31. The number of nitrogens with one attached hydrogen (secondary N) is 1. The van der Waals surface area contributed by atoms with E-state index in [0.29, 0.717) is 10.7 Å². The number of rotatable bonds is 3. The van der Waals surface area contributed by atoms with Gasteiger partial charge in [-0.05, 0) is 64.3 Å². The van der Waals surface area contributed by atoms with Crippen molar-refractivity contribution in [3.8, 4) is 0 Å². The Morgan fingerprint density at radius 1 is 1.43 bits per heavy atom.